The number of hydrogen-bond acceptors (Lipinski definition) is 3. The van der Waals surface area contributed by atoms with E-state index in [2.05, 4.69) is 0 Å². The van der Waals surface area contributed by atoms with Crippen LogP contribution in [0.1, 0.15) is 199 Å². The lowest BCUT2D eigenvalue weighted by molar-refractivity contribution is -0.956. The molecule has 0 saturated heterocycles. The van der Waals surface area contributed by atoms with Gasteiger partial charge in [0.25, 0.3) is 0 Å². The molecule has 0 aliphatic rings. The van der Waals surface area contributed by atoms with Crippen LogP contribution in [0.15, 0.2) is 66.7 Å². The molecule has 0 heterocycles. The quantitative estimate of drug-likeness (QED) is 0.0178. The maximum Gasteiger partial charge on any atom is 0.864 e. The molecular formula is C58H66BF24NO3. The van der Waals surface area contributed by atoms with E-state index in [-0.39, 0.29) is 78.7 Å². The first kappa shape index (κ1) is 75.9. The molecule has 0 radical (unpaired) electrons. The zero-order chi connectivity index (χ0) is 66.0. The van der Waals surface area contributed by atoms with Crippen molar-refractivity contribution in [2.45, 2.75) is 199 Å². The van der Waals surface area contributed by atoms with Crippen molar-refractivity contribution in [2.75, 3.05) is 19.6 Å². The summed E-state index contributed by atoms with van der Waals surface area (Å²) in [4.78, 5) is 0. The highest BCUT2D eigenvalue weighted by Gasteiger charge is 2.48. The predicted octanol–water partition coefficient (Wildman–Crippen LogP) is 22.8. The summed E-state index contributed by atoms with van der Waals surface area (Å²) in [6.45, 7) is 7.82. The van der Waals surface area contributed by atoms with Gasteiger partial charge in [-0.15, -0.1) is 6.07 Å². The summed E-state index contributed by atoms with van der Waals surface area (Å²) in [6.07, 6.45) is -29.9. The minimum atomic E-state index is -5.65. The smallest absolute Gasteiger partial charge is 0.490 e. The first-order valence-electron chi connectivity index (χ1n) is 27.9. The molecular weight excluding hydrogens is 1230 g/mol. The van der Waals surface area contributed by atoms with Gasteiger partial charge in [0.15, 0.2) is 0 Å². The first-order chi connectivity index (χ1) is 40.0. The Hall–Kier alpha value is -5.38. The summed E-state index contributed by atoms with van der Waals surface area (Å²) in [5.74, 6) is -4.55. The summed E-state index contributed by atoms with van der Waals surface area (Å²) >= 11 is 0. The minimum Gasteiger partial charge on any atom is -0.490 e. The van der Waals surface area contributed by atoms with Gasteiger partial charge >= 0.3 is 56.7 Å². The number of rotatable bonds is 29. The van der Waals surface area contributed by atoms with E-state index >= 15 is 13.2 Å². The van der Waals surface area contributed by atoms with E-state index in [4.69, 9.17) is 14.0 Å². The fraction of sp³-hybridized carbons (Fsp3) is 0.586. The molecule has 1 unspecified atom stereocenters. The van der Waals surface area contributed by atoms with Crippen molar-refractivity contribution < 1.29 is 124 Å². The molecule has 0 aromatic heterocycles. The molecule has 1 atom stereocenters. The van der Waals surface area contributed by atoms with Crippen LogP contribution in [0.4, 0.5) is 105 Å². The third-order valence-corrected chi connectivity index (χ3v) is 14.1. The zero-order valence-corrected chi connectivity index (χ0v) is 47.6. The summed E-state index contributed by atoms with van der Waals surface area (Å²) < 4.78 is 347. The maximum atomic E-state index is 15.6. The first-order valence-corrected chi connectivity index (χ1v) is 27.9. The van der Waals surface area contributed by atoms with Crippen molar-refractivity contribution >= 4 is 7.32 Å². The number of hydrogen-bond donors (Lipinski definition) is 0. The standard InChI is InChI=1S/C50H63BF18NO3.C8H3F6/c1-5-8-11-14-17-20-23-70(24-21-18-15-12-9-6-2,25-22-19-16-13-10-7-3)34(4)44-42(50(67,68)69)32-39(49(64,65)66)33-43(44)73-51(71-40-28-35(45(52,53)54)26-36(29-40)46(55,56)57)72-41-30-37(47(58,59)60)27-38(31-41)48(61,62)63;9-7(10,11)5-2-1-3-6(4-5)8(12,13)14/h26-34H,5-25H2,1-4H3;2-4H/q+1;-1. The average Bonchev–Trinajstić information content (AvgIpc) is 0.850. The number of nitrogens with zero attached hydrogens (tertiary/aromatic N) is 1. The normalized spacial score (nSPS) is 13.5. The molecule has 29 heteroatoms. The number of quaternary nitrogens is 1. The predicted molar refractivity (Wildman–Crippen MR) is 276 cm³/mol. The molecule has 492 valence electrons. The number of halogens is 24. The molecule has 4 aromatic carbocycles. The zero-order valence-electron chi connectivity index (χ0n) is 47.6. The Bertz CT molecular complexity index is 2500. The lowest BCUT2D eigenvalue weighted by Crippen LogP contribution is -2.52. The van der Waals surface area contributed by atoms with Gasteiger partial charge in [-0.1, -0.05) is 109 Å². The van der Waals surface area contributed by atoms with Crippen LogP contribution in [0.25, 0.3) is 0 Å². The molecule has 0 bridgehead atoms. The molecule has 87 heavy (non-hydrogen) atoms. The second-order valence-electron chi connectivity index (χ2n) is 20.9. The van der Waals surface area contributed by atoms with E-state index in [1.165, 1.54) is 6.92 Å². The van der Waals surface area contributed by atoms with Crippen molar-refractivity contribution in [3.05, 3.63) is 123 Å². The average molecular weight is 1290 g/mol. The summed E-state index contributed by atoms with van der Waals surface area (Å²) in [5, 5.41) is 0. The van der Waals surface area contributed by atoms with Gasteiger partial charge in [-0.2, -0.15) is 124 Å². The van der Waals surface area contributed by atoms with E-state index in [1.807, 2.05) is 20.8 Å². The van der Waals surface area contributed by atoms with Crippen LogP contribution in [0.2, 0.25) is 0 Å². The lowest BCUT2D eigenvalue weighted by atomic mass is 9.92. The van der Waals surface area contributed by atoms with E-state index in [0.29, 0.717) is 50.7 Å². The van der Waals surface area contributed by atoms with Gasteiger partial charge < -0.3 is 18.4 Å². The molecule has 4 nitrogen and oxygen atoms in total. The molecule has 0 saturated carbocycles. The van der Waals surface area contributed by atoms with E-state index in [9.17, 15) is 92.2 Å². The van der Waals surface area contributed by atoms with Gasteiger partial charge in [0.2, 0.25) is 0 Å². The Balaban J connectivity index is 0.00000123. The molecule has 0 aliphatic carbocycles. The monoisotopic (exact) mass is 1290 g/mol. The lowest BCUT2D eigenvalue weighted by Gasteiger charge is -2.45. The van der Waals surface area contributed by atoms with Crippen molar-refractivity contribution in [2.24, 2.45) is 0 Å². The van der Waals surface area contributed by atoms with Gasteiger partial charge in [-0.3, -0.25) is 0 Å². The number of alkyl halides is 24. The molecule has 0 amide bonds. The van der Waals surface area contributed by atoms with Crippen LogP contribution in [0.3, 0.4) is 0 Å². The van der Waals surface area contributed by atoms with Crippen LogP contribution >= 0.6 is 0 Å². The highest BCUT2D eigenvalue weighted by atomic mass is 19.4. The highest BCUT2D eigenvalue weighted by Crippen LogP contribution is 2.49. The largest absolute Gasteiger partial charge is 0.864 e. The summed E-state index contributed by atoms with van der Waals surface area (Å²) in [6, 6.07) is -0.126. The Morgan fingerprint density at radius 2 is 0.621 bits per heavy atom. The molecule has 0 N–H and O–H groups in total. The number of unbranched alkanes of at least 4 members (excludes halogenated alkanes) is 15. The van der Waals surface area contributed by atoms with Crippen LogP contribution in [0.5, 0.6) is 17.2 Å². The van der Waals surface area contributed by atoms with Gasteiger partial charge in [-0.05, 0) is 94.0 Å². The molecule has 4 aromatic rings. The topological polar surface area (TPSA) is 27.7 Å². The molecule has 0 fully saturated rings. The summed E-state index contributed by atoms with van der Waals surface area (Å²) in [7, 11) is -3.28. The minimum absolute atomic E-state index is 0.0380. The second kappa shape index (κ2) is 31.9. The molecule has 0 spiro atoms. The van der Waals surface area contributed by atoms with Crippen molar-refractivity contribution in [3.8, 4) is 17.2 Å². The highest BCUT2D eigenvalue weighted by molar-refractivity contribution is 6.39. The van der Waals surface area contributed by atoms with E-state index < -0.39 is 130 Å². The Morgan fingerprint density at radius 1 is 0.345 bits per heavy atom. The van der Waals surface area contributed by atoms with Crippen LogP contribution in [0, 0.1) is 6.07 Å². The van der Waals surface area contributed by atoms with Crippen LogP contribution < -0.4 is 14.0 Å². The fourth-order valence-electron chi connectivity index (χ4n) is 9.55. The van der Waals surface area contributed by atoms with Crippen molar-refractivity contribution in [1.29, 1.82) is 0 Å². The van der Waals surface area contributed by atoms with Crippen molar-refractivity contribution in [3.63, 3.8) is 0 Å². The van der Waals surface area contributed by atoms with Gasteiger partial charge in [0.1, 0.15) is 23.3 Å². The Kier molecular flexibility index (Phi) is 27.8. The van der Waals surface area contributed by atoms with Gasteiger partial charge in [0, 0.05) is 0 Å². The van der Waals surface area contributed by atoms with Crippen LogP contribution in [-0.2, 0) is 49.4 Å². The fourth-order valence-corrected chi connectivity index (χ4v) is 9.55. The Labute approximate surface area is 488 Å². The third-order valence-electron chi connectivity index (χ3n) is 14.1. The molecule has 4 rings (SSSR count). The summed E-state index contributed by atoms with van der Waals surface area (Å²) in [5.41, 5.74) is -16.0. The van der Waals surface area contributed by atoms with Gasteiger partial charge in [0.05, 0.1) is 58.6 Å². The Morgan fingerprint density at radius 3 is 0.908 bits per heavy atom. The van der Waals surface area contributed by atoms with Crippen LogP contribution in [-0.4, -0.2) is 31.4 Å². The SMILES string of the molecule is CCCCCCCC[N+](CCCCCCCC)(CCCCCCCC)C(C)c1c(OB(Oc2cc(C(F)(F)F)cc(C(F)(F)F)c2)Oc2cc(C(F)(F)F)cc(C(F)(F)F)c2)cc(C(F)(F)F)cc1C(F)(F)F.FC(F)(F)c1c[c-]cc(C(F)(F)F)c1. The van der Waals surface area contributed by atoms with Crippen molar-refractivity contribution in [1.82, 2.24) is 0 Å². The van der Waals surface area contributed by atoms with E-state index in [1.54, 1.807) is 6.07 Å². The maximum absolute atomic E-state index is 15.6. The third kappa shape index (κ3) is 24.8. The second-order valence-corrected chi connectivity index (χ2v) is 20.9. The van der Waals surface area contributed by atoms with Gasteiger partial charge in [-0.25, -0.2) is 0 Å². The molecule has 0 aliphatic heterocycles. The van der Waals surface area contributed by atoms with E-state index in [0.717, 1.165) is 77.0 Å². The number of benzene rings is 4.